The van der Waals surface area contributed by atoms with Crippen LogP contribution in [0.3, 0.4) is 0 Å². The van der Waals surface area contributed by atoms with Crippen molar-refractivity contribution in [2.24, 2.45) is 0 Å². The molecular weight excluding hydrogens is 447 g/mol. The van der Waals surface area contributed by atoms with Crippen molar-refractivity contribution in [3.8, 4) is 34.3 Å². The number of pyridine rings is 1. The van der Waals surface area contributed by atoms with Crippen molar-refractivity contribution >= 4 is 21.2 Å². The minimum absolute atomic E-state index is 0.178. The first-order valence-corrected chi connectivity index (χ1v) is 12.3. The van der Waals surface area contributed by atoms with Crippen LogP contribution >= 0.6 is 11.3 Å². The summed E-state index contributed by atoms with van der Waals surface area (Å²) in [6.45, 7) is 0.268. The van der Waals surface area contributed by atoms with Gasteiger partial charge in [0.1, 0.15) is 24.1 Å². The zero-order chi connectivity index (χ0) is 22.7. The molecule has 0 radical (unpaired) electrons. The molecule has 0 amide bonds. The van der Waals surface area contributed by atoms with E-state index in [2.05, 4.69) is 11.1 Å². The molecular formula is C24H17FN2O3S2. The molecule has 0 saturated carbocycles. The van der Waals surface area contributed by atoms with Gasteiger partial charge in [0.25, 0.3) is 0 Å². The standard InChI is InChI=1S/C24H17FN2O3S2/c1-32(28,29)21-10-6-16(7-11-21)22-13-18(14-26)24(30-15-20-3-2-12-31-20)27-23(22)17-4-8-19(25)9-5-17/h2-13H,15H2,1H3. The van der Waals surface area contributed by atoms with Gasteiger partial charge in [0.05, 0.1) is 10.6 Å². The molecule has 4 aromatic rings. The molecule has 0 unspecified atom stereocenters. The predicted molar refractivity (Wildman–Crippen MR) is 122 cm³/mol. The minimum Gasteiger partial charge on any atom is -0.471 e. The number of hydrogen-bond acceptors (Lipinski definition) is 6. The minimum atomic E-state index is -3.35. The number of nitriles is 1. The molecule has 2 aromatic heterocycles. The van der Waals surface area contributed by atoms with Crippen molar-refractivity contribution in [2.75, 3.05) is 6.26 Å². The Bertz CT molecular complexity index is 1390. The van der Waals surface area contributed by atoms with E-state index in [0.717, 1.165) is 11.1 Å². The normalized spacial score (nSPS) is 11.2. The fraction of sp³-hybridized carbons (Fsp3) is 0.0833. The van der Waals surface area contributed by atoms with Crippen LogP contribution in [0, 0.1) is 17.1 Å². The van der Waals surface area contributed by atoms with Gasteiger partial charge < -0.3 is 4.74 Å². The third-order valence-corrected chi connectivity index (χ3v) is 6.73. The van der Waals surface area contributed by atoms with Gasteiger partial charge in [-0.15, -0.1) is 11.3 Å². The maximum absolute atomic E-state index is 13.5. The first-order chi connectivity index (χ1) is 15.3. The number of aromatic nitrogens is 1. The van der Waals surface area contributed by atoms with E-state index in [9.17, 15) is 18.1 Å². The molecule has 160 valence electrons. The molecule has 0 aliphatic heterocycles. The molecule has 0 aliphatic rings. The van der Waals surface area contributed by atoms with E-state index in [1.54, 1.807) is 30.3 Å². The second-order valence-corrected chi connectivity index (χ2v) is 10.1. The summed E-state index contributed by atoms with van der Waals surface area (Å²) >= 11 is 1.53. The fourth-order valence-electron chi connectivity index (χ4n) is 3.15. The van der Waals surface area contributed by atoms with Gasteiger partial charge in [0.15, 0.2) is 9.84 Å². The second kappa shape index (κ2) is 8.91. The van der Waals surface area contributed by atoms with E-state index in [-0.39, 0.29) is 28.8 Å². The van der Waals surface area contributed by atoms with Crippen LogP contribution in [0.5, 0.6) is 5.88 Å². The summed E-state index contributed by atoms with van der Waals surface area (Å²) in [7, 11) is -3.35. The van der Waals surface area contributed by atoms with Crippen LogP contribution in [0.4, 0.5) is 4.39 Å². The Kier molecular flexibility index (Phi) is 6.04. The molecule has 2 heterocycles. The second-order valence-electron chi connectivity index (χ2n) is 7.02. The Hall–Kier alpha value is -3.54. The molecule has 0 N–H and O–H groups in total. The van der Waals surface area contributed by atoms with E-state index in [0.29, 0.717) is 22.4 Å². The molecule has 0 spiro atoms. The zero-order valence-corrected chi connectivity index (χ0v) is 18.6. The van der Waals surface area contributed by atoms with Gasteiger partial charge in [-0.3, -0.25) is 0 Å². The number of sulfone groups is 1. The summed E-state index contributed by atoms with van der Waals surface area (Å²) in [5.74, 6) is -0.202. The Labute approximate surface area is 189 Å². The zero-order valence-electron chi connectivity index (χ0n) is 16.9. The van der Waals surface area contributed by atoms with Gasteiger partial charge in [0, 0.05) is 22.3 Å². The van der Waals surface area contributed by atoms with Crippen LogP contribution < -0.4 is 4.74 Å². The van der Waals surface area contributed by atoms with E-state index in [1.165, 1.54) is 35.6 Å². The van der Waals surface area contributed by atoms with Crippen LogP contribution in [-0.4, -0.2) is 19.7 Å². The summed E-state index contributed by atoms with van der Waals surface area (Å²) in [5, 5.41) is 11.6. The molecule has 0 atom stereocenters. The van der Waals surface area contributed by atoms with Crippen molar-refractivity contribution < 1.29 is 17.5 Å². The lowest BCUT2D eigenvalue weighted by Gasteiger charge is -2.14. The molecule has 4 rings (SSSR count). The highest BCUT2D eigenvalue weighted by atomic mass is 32.2. The summed E-state index contributed by atoms with van der Waals surface area (Å²) in [4.78, 5) is 5.78. The SMILES string of the molecule is CS(=O)(=O)c1ccc(-c2cc(C#N)c(OCc3cccs3)nc2-c2ccc(F)cc2)cc1. The largest absolute Gasteiger partial charge is 0.471 e. The van der Waals surface area contributed by atoms with Crippen LogP contribution in [0.25, 0.3) is 22.4 Å². The fourth-order valence-corrected chi connectivity index (χ4v) is 4.40. The van der Waals surface area contributed by atoms with E-state index in [1.807, 2.05) is 17.5 Å². The van der Waals surface area contributed by atoms with Gasteiger partial charge in [0.2, 0.25) is 5.88 Å². The Morgan fingerprint density at radius 3 is 2.34 bits per heavy atom. The number of hydrogen-bond donors (Lipinski definition) is 0. The molecule has 0 aliphatic carbocycles. The Morgan fingerprint density at radius 1 is 1.06 bits per heavy atom. The van der Waals surface area contributed by atoms with Gasteiger partial charge in [-0.2, -0.15) is 5.26 Å². The smallest absolute Gasteiger partial charge is 0.232 e. The van der Waals surface area contributed by atoms with Gasteiger partial charge in [-0.25, -0.2) is 17.8 Å². The van der Waals surface area contributed by atoms with E-state index in [4.69, 9.17) is 4.74 Å². The highest BCUT2D eigenvalue weighted by Gasteiger charge is 2.17. The number of halogens is 1. The summed E-state index contributed by atoms with van der Waals surface area (Å²) in [6, 6.07) is 19.8. The molecule has 0 fully saturated rings. The Morgan fingerprint density at radius 2 is 1.75 bits per heavy atom. The quantitative estimate of drug-likeness (QED) is 0.378. The lowest BCUT2D eigenvalue weighted by Crippen LogP contribution is -2.01. The maximum Gasteiger partial charge on any atom is 0.232 e. The molecule has 5 nitrogen and oxygen atoms in total. The number of ether oxygens (including phenoxy) is 1. The van der Waals surface area contributed by atoms with Crippen LogP contribution in [0.2, 0.25) is 0 Å². The number of thiophene rings is 1. The number of nitrogens with zero attached hydrogens (tertiary/aromatic N) is 2. The monoisotopic (exact) mass is 464 g/mol. The van der Waals surface area contributed by atoms with Crippen molar-refractivity contribution in [1.29, 1.82) is 5.26 Å². The van der Waals surface area contributed by atoms with Gasteiger partial charge in [-0.1, -0.05) is 18.2 Å². The Balaban J connectivity index is 1.84. The summed E-state index contributed by atoms with van der Waals surface area (Å²) < 4.78 is 43.0. The lowest BCUT2D eigenvalue weighted by atomic mass is 9.98. The van der Waals surface area contributed by atoms with Crippen molar-refractivity contribution in [3.05, 3.63) is 88.4 Å². The molecule has 32 heavy (non-hydrogen) atoms. The average Bonchev–Trinajstić information content (AvgIpc) is 3.31. The molecule has 0 bridgehead atoms. The van der Waals surface area contributed by atoms with Crippen LogP contribution in [0.15, 0.2) is 77.0 Å². The third-order valence-electron chi connectivity index (χ3n) is 4.75. The first kappa shape index (κ1) is 21.7. The molecule has 0 saturated heterocycles. The summed E-state index contributed by atoms with van der Waals surface area (Å²) in [5.41, 5.74) is 2.66. The molecule has 8 heteroatoms. The average molecular weight is 465 g/mol. The highest BCUT2D eigenvalue weighted by Crippen LogP contribution is 2.35. The van der Waals surface area contributed by atoms with Crippen molar-refractivity contribution in [1.82, 2.24) is 4.98 Å². The highest BCUT2D eigenvalue weighted by molar-refractivity contribution is 7.90. The first-order valence-electron chi connectivity index (χ1n) is 9.52. The summed E-state index contributed by atoms with van der Waals surface area (Å²) in [6.07, 6.45) is 1.14. The predicted octanol–water partition coefficient (Wildman–Crippen LogP) is 5.47. The third kappa shape index (κ3) is 4.69. The topological polar surface area (TPSA) is 80.0 Å². The van der Waals surface area contributed by atoms with Crippen molar-refractivity contribution in [2.45, 2.75) is 11.5 Å². The van der Waals surface area contributed by atoms with Gasteiger partial charge >= 0.3 is 0 Å². The van der Waals surface area contributed by atoms with E-state index < -0.39 is 9.84 Å². The van der Waals surface area contributed by atoms with Crippen LogP contribution in [-0.2, 0) is 16.4 Å². The van der Waals surface area contributed by atoms with Crippen molar-refractivity contribution in [3.63, 3.8) is 0 Å². The lowest BCUT2D eigenvalue weighted by molar-refractivity contribution is 0.297. The maximum atomic E-state index is 13.5. The number of rotatable bonds is 6. The van der Waals surface area contributed by atoms with Crippen LogP contribution in [0.1, 0.15) is 10.4 Å². The van der Waals surface area contributed by atoms with E-state index >= 15 is 0 Å². The number of benzene rings is 2. The van der Waals surface area contributed by atoms with Gasteiger partial charge in [-0.05, 0) is 59.5 Å². The molecule has 2 aromatic carbocycles.